The van der Waals surface area contributed by atoms with Crippen LogP contribution >= 0.6 is 12.2 Å². The van der Waals surface area contributed by atoms with E-state index in [-0.39, 0.29) is 5.54 Å². The number of aryl methyl sites for hydroxylation is 2. The first-order chi connectivity index (χ1) is 12.5. The fraction of sp³-hybridized carbons (Fsp3) is 0.409. The predicted molar refractivity (Wildman–Crippen MR) is 113 cm³/mol. The second kappa shape index (κ2) is 8.09. The van der Waals surface area contributed by atoms with Crippen LogP contribution in [0.25, 0.3) is 0 Å². The third-order valence-corrected chi connectivity index (χ3v) is 5.21. The Morgan fingerprint density at radius 1 is 1.04 bits per heavy atom. The Kier molecular flexibility index (Phi) is 5.82. The molecule has 0 aliphatic heterocycles. The molecule has 0 aromatic heterocycles. The highest BCUT2D eigenvalue weighted by Crippen LogP contribution is 2.39. The van der Waals surface area contributed by atoms with Crippen molar-refractivity contribution in [1.29, 1.82) is 0 Å². The first-order valence-corrected chi connectivity index (χ1v) is 9.82. The second-order valence-corrected chi connectivity index (χ2v) is 7.61. The van der Waals surface area contributed by atoms with Gasteiger partial charge in [0.1, 0.15) is 5.75 Å². The van der Waals surface area contributed by atoms with E-state index in [1.807, 2.05) is 6.92 Å². The number of thiocarbonyl (C=S) groups is 1. The molecule has 1 aliphatic carbocycles. The van der Waals surface area contributed by atoms with Crippen LogP contribution in [0.15, 0.2) is 42.5 Å². The smallest absolute Gasteiger partial charge is 0.171 e. The standard InChI is InChI=1S/C22H28N2OS/c1-4-25-20-9-7-18(8-10-20)22(11-5-6-12-22)24-21(26)23-19-14-16(2)13-17(3)15-19/h7-10,13-15H,4-6,11-12H2,1-3H3,(H2,23,24,26). The largest absolute Gasteiger partial charge is 0.494 e. The predicted octanol–water partition coefficient (Wildman–Crippen LogP) is 5.46. The summed E-state index contributed by atoms with van der Waals surface area (Å²) in [6, 6.07) is 14.9. The zero-order valence-electron chi connectivity index (χ0n) is 15.9. The van der Waals surface area contributed by atoms with E-state index in [1.165, 1.54) is 29.5 Å². The summed E-state index contributed by atoms with van der Waals surface area (Å²) >= 11 is 5.65. The van der Waals surface area contributed by atoms with Crippen molar-refractivity contribution in [2.24, 2.45) is 0 Å². The maximum absolute atomic E-state index is 5.65. The molecule has 0 atom stereocenters. The molecule has 0 saturated heterocycles. The van der Waals surface area contributed by atoms with Crippen molar-refractivity contribution in [2.75, 3.05) is 11.9 Å². The Morgan fingerprint density at radius 3 is 2.23 bits per heavy atom. The van der Waals surface area contributed by atoms with E-state index in [0.717, 1.165) is 24.3 Å². The molecule has 138 valence electrons. The number of rotatable bonds is 5. The molecule has 0 amide bonds. The van der Waals surface area contributed by atoms with Gasteiger partial charge in [-0.1, -0.05) is 31.0 Å². The van der Waals surface area contributed by atoms with Crippen LogP contribution < -0.4 is 15.4 Å². The molecular formula is C22H28N2OS. The van der Waals surface area contributed by atoms with E-state index in [1.54, 1.807) is 0 Å². The molecule has 3 rings (SSSR count). The van der Waals surface area contributed by atoms with Crippen molar-refractivity contribution in [1.82, 2.24) is 5.32 Å². The van der Waals surface area contributed by atoms with Crippen LogP contribution in [0.4, 0.5) is 5.69 Å². The number of benzene rings is 2. The van der Waals surface area contributed by atoms with Crippen molar-refractivity contribution in [2.45, 2.75) is 52.0 Å². The van der Waals surface area contributed by atoms with Gasteiger partial charge in [0, 0.05) is 5.69 Å². The van der Waals surface area contributed by atoms with Crippen LogP contribution in [0.3, 0.4) is 0 Å². The van der Waals surface area contributed by atoms with Gasteiger partial charge in [-0.15, -0.1) is 0 Å². The topological polar surface area (TPSA) is 33.3 Å². The maximum Gasteiger partial charge on any atom is 0.171 e. The fourth-order valence-corrected chi connectivity index (χ4v) is 4.24. The summed E-state index contributed by atoms with van der Waals surface area (Å²) in [6.45, 7) is 6.90. The van der Waals surface area contributed by atoms with E-state index in [2.05, 4.69) is 66.9 Å². The highest BCUT2D eigenvalue weighted by atomic mass is 32.1. The first-order valence-electron chi connectivity index (χ1n) is 9.41. The molecule has 4 heteroatoms. The second-order valence-electron chi connectivity index (χ2n) is 7.20. The Morgan fingerprint density at radius 2 is 1.65 bits per heavy atom. The van der Waals surface area contributed by atoms with Crippen molar-refractivity contribution >= 4 is 23.0 Å². The summed E-state index contributed by atoms with van der Waals surface area (Å²) in [5, 5.41) is 7.69. The summed E-state index contributed by atoms with van der Waals surface area (Å²) in [5.74, 6) is 0.917. The molecule has 0 heterocycles. The molecule has 1 fully saturated rings. The van der Waals surface area contributed by atoms with E-state index < -0.39 is 0 Å². The molecule has 2 N–H and O–H groups in total. The third kappa shape index (κ3) is 4.36. The van der Waals surface area contributed by atoms with Gasteiger partial charge in [0.15, 0.2) is 5.11 Å². The number of ether oxygens (including phenoxy) is 1. The molecule has 0 radical (unpaired) electrons. The highest BCUT2D eigenvalue weighted by Gasteiger charge is 2.36. The molecule has 3 nitrogen and oxygen atoms in total. The maximum atomic E-state index is 5.65. The Hall–Kier alpha value is -2.07. The van der Waals surface area contributed by atoms with Crippen LogP contribution in [-0.2, 0) is 5.54 Å². The molecule has 0 spiro atoms. The quantitative estimate of drug-likeness (QED) is 0.687. The van der Waals surface area contributed by atoms with Crippen LogP contribution in [0.5, 0.6) is 5.75 Å². The molecule has 1 aliphatic rings. The van der Waals surface area contributed by atoms with E-state index >= 15 is 0 Å². The fourth-order valence-electron chi connectivity index (χ4n) is 3.93. The Balaban J connectivity index is 1.76. The van der Waals surface area contributed by atoms with Gasteiger partial charge in [-0.2, -0.15) is 0 Å². The van der Waals surface area contributed by atoms with Crippen molar-refractivity contribution in [3.63, 3.8) is 0 Å². The lowest BCUT2D eigenvalue weighted by atomic mass is 9.88. The Bertz CT molecular complexity index is 744. The van der Waals surface area contributed by atoms with Crippen molar-refractivity contribution in [3.05, 3.63) is 59.2 Å². The van der Waals surface area contributed by atoms with Crippen LogP contribution in [0, 0.1) is 13.8 Å². The third-order valence-electron chi connectivity index (χ3n) is 5.01. The summed E-state index contributed by atoms with van der Waals surface area (Å²) in [5.41, 5.74) is 4.70. The summed E-state index contributed by atoms with van der Waals surface area (Å²) in [6.07, 6.45) is 4.62. The van der Waals surface area contributed by atoms with E-state index in [0.29, 0.717) is 11.7 Å². The lowest BCUT2D eigenvalue weighted by Crippen LogP contribution is -2.45. The average Bonchev–Trinajstić information content (AvgIpc) is 3.04. The zero-order valence-corrected chi connectivity index (χ0v) is 16.7. The summed E-state index contributed by atoms with van der Waals surface area (Å²) in [7, 11) is 0. The molecule has 1 saturated carbocycles. The van der Waals surface area contributed by atoms with Crippen molar-refractivity contribution in [3.8, 4) is 5.75 Å². The summed E-state index contributed by atoms with van der Waals surface area (Å²) in [4.78, 5) is 0. The lowest BCUT2D eigenvalue weighted by molar-refractivity contribution is 0.339. The minimum atomic E-state index is -0.0896. The van der Waals surface area contributed by atoms with Crippen LogP contribution in [0.1, 0.15) is 49.3 Å². The van der Waals surface area contributed by atoms with Gasteiger partial charge in [-0.05, 0) is 86.8 Å². The SMILES string of the molecule is CCOc1ccc(C2(NC(=S)Nc3cc(C)cc(C)c3)CCCC2)cc1. The average molecular weight is 369 g/mol. The monoisotopic (exact) mass is 368 g/mol. The van der Waals surface area contributed by atoms with Gasteiger partial charge in [-0.25, -0.2) is 0 Å². The first kappa shape index (κ1) is 18.7. The minimum Gasteiger partial charge on any atom is -0.494 e. The molecule has 26 heavy (non-hydrogen) atoms. The summed E-state index contributed by atoms with van der Waals surface area (Å²) < 4.78 is 5.58. The normalized spacial score (nSPS) is 15.5. The number of hydrogen-bond acceptors (Lipinski definition) is 2. The van der Waals surface area contributed by atoms with Crippen molar-refractivity contribution < 1.29 is 4.74 Å². The molecule has 2 aromatic rings. The van der Waals surface area contributed by atoms with Crippen LogP contribution in [0.2, 0.25) is 0 Å². The molecule has 0 bridgehead atoms. The van der Waals surface area contributed by atoms with E-state index in [4.69, 9.17) is 17.0 Å². The molecule has 2 aromatic carbocycles. The number of nitrogens with one attached hydrogen (secondary N) is 2. The van der Waals surface area contributed by atoms with Gasteiger partial charge in [-0.3, -0.25) is 0 Å². The lowest BCUT2D eigenvalue weighted by Gasteiger charge is -2.32. The highest BCUT2D eigenvalue weighted by molar-refractivity contribution is 7.80. The zero-order chi connectivity index (χ0) is 18.6. The van der Waals surface area contributed by atoms with Gasteiger partial charge in [0.25, 0.3) is 0 Å². The molecule has 0 unspecified atom stereocenters. The van der Waals surface area contributed by atoms with Gasteiger partial charge in [0.2, 0.25) is 0 Å². The van der Waals surface area contributed by atoms with Gasteiger partial charge < -0.3 is 15.4 Å². The Labute approximate surface area is 162 Å². The minimum absolute atomic E-state index is 0.0896. The number of anilines is 1. The van der Waals surface area contributed by atoms with Gasteiger partial charge in [0.05, 0.1) is 12.1 Å². The van der Waals surface area contributed by atoms with Gasteiger partial charge >= 0.3 is 0 Å². The van der Waals surface area contributed by atoms with Crippen LogP contribution in [-0.4, -0.2) is 11.7 Å². The van der Waals surface area contributed by atoms with E-state index in [9.17, 15) is 0 Å². The molecular weight excluding hydrogens is 340 g/mol. The number of hydrogen-bond donors (Lipinski definition) is 2.